The first-order valence-electron chi connectivity index (χ1n) is 10.8. The van der Waals surface area contributed by atoms with E-state index in [4.69, 9.17) is 9.88 Å². The maximum atomic E-state index is 11.6. The standard InChI is InChI=1S/C23H28N6O3S.2ClH.H2O/c1-17-16-25-23(28-22(17)26-19-5-4-6-21(15-19)33(24,30)31)27-18-7-9-20(10-8-18)32-14-13-29-11-2-3-12-29;;;/h4-10,15-16H,2-3,11-14H2,1H3,(H2,24,30,31)(H2,25,26,27,28);2*1H;1H2. The van der Waals surface area contributed by atoms with Gasteiger partial charge in [0.2, 0.25) is 16.0 Å². The topological polar surface area (TPSA) is 154 Å². The third-order valence-electron chi connectivity index (χ3n) is 5.38. The summed E-state index contributed by atoms with van der Waals surface area (Å²) in [4.78, 5) is 11.3. The number of benzene rings is 2. The van der Waals surface area contributed by atoms with E-state index < -0.39 is 10.0 Å². The largest absolute Gasteiger partial charge is 0.492 e. The lowest BCUT2D eigenvalue weighted by Crippen LogP contribution is -2.25. The molecule has 2 aromatic carbocycles. The Morgan fingerprint density at radius 2 is 1.72 bits per heavy atom. The van der Waals surface area contributed by atoms with Crippen molar-refractivity contribution >= 4 is 58.0 Å². The molecule has 1 aliphatic heterocycles. The molecule has 3 aromatic rings. The molecule has 36 heavy (non-hydrogen) atoms. The summed E-state index contributed by atoms with van der Waals surface area (Å²) in [6.45, 7) is 5.82. The van der Waals surface area contributed by atoms with Gasteiger partial charge in [0, 0.05) is 29.7 Å². The molecule has 0 saturated carbocycles. The van der Waals surface area contributed by atoms with Crippen LogP contribution in [0.4, 0.5) is 23.1 Å². The van der Waals surface area contributed by atoms with Crippen LogP contribution < -0.4 is 20.5 Å². The molecule has 13 heteroatoms. The predicted octanol–water partition coefficient (Wildman–Crippen LogP) is 3.41. The molecular weight excluding hydrogens is 527 g/mol. The van der Waals surface area contributed by atoms with E-state index in [1.807, 2.05) is 31.2 Å². The summed E-state index contributed by atoms with van der Waals surface area (Å²) >= 11 is 0. The lowest BCUT2D eigenvalue weighted by molar-refractivity contribution is 0.238. The van der Waals surface area contributed by atoms with E-state index in [0.717, 1.165) is 36.6 Å². The average Bonchev–Trinajstić information content (AvgIpc) is 3.30. The van der Waals surface area contributed by atoms with Crippen molar-refractivity contribution in [2.45, 2.75) is 24.7 Å². The molecule has 0 aliphatic carbocycles. The van der Waals surface area contributed by atoms with E-state index in [-0.39, 0.29) is 35.2 Å². The molecule has 1 saturated heterocycles. The summed E-state index contributed by atoms with van der Waals surface area (Å²) in [5, 5.41) is 11.5. The normalized spacial score (nSPS) is 13.1. The lowest BCUT2D eigenvalue weighted by atomic mass is 10.3. The van der Waals surface area contributed by atoms with Gasteiger partial charge in [-0.3, -0.25) is 4.90 Å². The fourth-order valence-electron chi connectivity index (χ4n) is 3.58. The number of likely N-dealkylation sites (tertiary alicyclic amines) is 1. The number of nitrogens with two attached hydrogens (primary N) is 1. The number of halogens is 2. The van der Waals surface area contributed by atoms with Gasteiger partial charge in [0.25, 0.3) is 0 Å². The fraction of sp³-hybridized carbons (Fsp3) is 0.304. The second kappa shape index (κ2) is 14.2. The van der Waals surface area contributed by atoms with E-state index in [9.17, 15) is 8.42 Å². The maximum Gasteiger partial charge on any atom is 0.238 e. The van der Waals surface area contributed by atoms with Gasteiger partial charge in [0.1, 0.15) is 18.2 Å². The van der Waals surface area contributed by atoms with Gasteiger partial charge >= 0.3 is 0 Å². The van der Waals surface area contributed by atoms with Crippen molar-refractivity contribution < 1.29 is 18.6 Å². The number of aryl methyl sites for hydroxylation is 1. The summed E-state index contributed by atoms with van der Waals surface area (Å²) in [6.07, 6.45) is 4.25. The van der Waals surface area contributed by atoms with Gasteiger partial charge in [0.15, 0.2) is 0 Å². The van der Waals surface area contributed by atoms with E-state index in [0.29, 0.717) is 24.1 Å². The van der Waals surface area contributed by atoms with E-state index in [1.54, 1.807) is 18.3 Å². The highest BCUT2D eigenvalue weighted by Gasteiger charge is 2.12. The fourth-order valence-corrected chi connectivity index (χ4v) is 4.14. The molecule has 0 radical (unpaired) electrons. The van der Waals surface area contributed by atoms with Crippen LogP contribution in [0.5, 0.6) is 5.75 Å². The van der Waals surface area contributed by atoms with E-state index in [2.05, 4.69) is 25.5 Å². The minimum atomic E-state index is -3.79. The number of aromatic nitrogens is 2. The quantitative estimate of drug-likeness (QED) is 0.360. The van der Waals surface area contributed by atoms with Crippen molar-refractivity contribution in [3.05, 3.63) is 60.3 Å². The van der Waals surface area contributed by atoms with Crippen LogP contribution in [0.25, 0.3) is 0 Å². The van der Waals surface area contributed by atoms with Crippen LogP contribution in [-0.2, 0) is 10.0 Å². The predicted molar refractivity (Wildman–Crippen MR) is 147 cm³/mol. The molecule has 0 unspecified atom stereocenters. The van der Waals surface area contributed by atoms with E-state index in [1.165, 1.54) is 25.0 Å². The van der Waals surface area contributed by atoms with Gasteiger partial charge in [0.05, 0.1) is 4.90 Å². The van der Waals surface area contributed by atoms with Crippen molar-refractivity contribution in [1.29, 1.82) is 0 Å². The summed E-state index contributed by atoms with van der Waals surface area (Å²) in [7, 11) is -3.79. The molecule has 1 fully saturated rings. The van der Waals surface area contributed by atoms with Crippen LogP contribution in [-0.4, -0.2) is 55.0 Å². The molecule has 2 heterocycles. The van der Waals surface area contributed by atoms with Crippen LogP contribution in [0.15, 0.2) is 59.6 Å². The zero-order valence-corrected chi connectivity index (χ0v) is 22.3. The van der Waals surface area contributed by atoms with Crippen molar-refractivity contribution in [1.82, 2.24) is 14.9 Å². The highest BCUT2D eigenvalue weighted by atomic mass is 35.5. The highest BCUT2D eigenvalue weighted by Crippen LogP contribution is 2.23. The molecule has 0 spiro atoms. The maximum absolute atomic E-state index is 11.6. The van der Waals surface area contributed by atoms with Gasteiger partial charge in [-0.1, -0.05) is 6.07 Å². The smallest absolute Gasteiger partial charge is 0.238 e. The van der Waals surface area contributed by atoms with Crippen LogP contribution in [0.2, 0.25) is 0 Å². The number of sulfonamides is 1. The zero-order chi connectivity index (χ0) is 23.3. The Morgan fingerprint density at radius 3 is 2.39 bits per heavy atom. The first-order valence-corrected chi connectivity index (χ1v) is 12.4. The van der Waals surface area contributed by atoms with Crippen molar-refractivity contribution in [3.8, 4) is 5.75 Å². The number of anilines is 4. The average molecular weight is 560 g/mol. The van der Waals surface area contributed by atoms with Crippen molar-refractivity contribution in [2.24, 2.45) is 5.14 Å². The SMILES string of the molecule is Cc1cnc(Nc2ccc(OCCN3CCCC3)cc2)nc1Nc1cccc(S(N)(=O)=O)c1.Cl.Cl.O. The van der Waals surface area contributed by atoms with Gasteiger partial charge in [-0.05, 0) is 75.3 Å². The van der Waals surface area contributed by atoms with Crippen LogP contribution >= 0.6 is 24.8 Å². The Bertz CT molecular complexity index is 1210. The third kappa shape index (κ3) is 8.77. The second-order valence-corrected chi connectivity index (χ2v) is 9.53. The van der Waals surface area contributed by atoms with Crippen LogP contribution in [0.3, 0.4) is 0 Å². The van der Waals surface area contributed by atoms with E-state index >= 15 is 0 Å². The number of nitrogens with zero attached hydrogens (tertiary/aromatic N) is 3. The molecule has 1 aliphatic rings. The number of nitrogens with one attached hydrogen (secondary N) is 2. The van der Waals surface area contributed by atoms with Crippen LogP contribution in [0, 0.1) is 6.92 Å². The number of ether oxygens (including phenoxy) is 1. The molecule has 0 atom stereocenters. The first-order chi connectivity index (χ1) is 15.9. The third-order valence-corrected chi connectivity index (χ3v) is 6.29. The summed E-state index contributed by atoms with van der Waals surface area (Å²) in [5.74, 6) is 1.79. The number of rotatable bonds is 9. The molecule has 10 nitrogen and oxygen atoms in total. The summed E-state index contributed by atoms with van der Waals surface area (Å²) in [6, 6.07) is 13.9. The number of primary sulfonamides is 1. The highest BCUT2D eigenvalue weighted by molar-refractivity contribution is 7.89. The molecule has 198 valence electrons. The Morgan fingerprint density at radius 1 is 1.03 bits per heavy atom. The van der Waals surface area contributed by atoms with Gasteiger partial charge in [-0.15, -0.1) is 24.8 Å². The molecular formula is C23H32Cl2N6O4S. The van der Waals surface area contributed by atoms with Crippen molar-refractivity contribution in [2.75, 3.05) is 36.9 Å². The van der Waals surface area contributed by atoms with Gasteiger partial charge < -0.3 is 20.8 Å². The Labute approximate surface area is 223 Å². The molecule has 1 aromatic heterocycles. The van der Waals surface area contributed by atoms with Gasteiger partial charge in [-0.25, -0.2) is 18.5 Å². The Kier molecular flexibility index (Phi) is 12.3. The zero-order valence-electron chi connectivity index (χ0n) is 19.8. The lowest BCUT2D eigenvalue weighted by Gasteiger charge is -2.15. The van der Waals surface area contributed by atoms with Gasteiger partial charge in [-0.2, -0.15) is 4.98 Å². The Hall–Kier alpha value is -2.67. The summed E-state index contributed by atoms with van der Waals surface area (Å²) in [5.41, 5.74) is 2.20. The van der Waals surface area contributed by atoms with Crippen molar-refractivity contribution in [3.63, 3.8) is 0 Å². The second-order valence-electron chi connectivity index (χ2n) is 7.97. The van der Waals surface area contributed by atoms with Crippen LogP contribution in [0.1, 0.15) is 18.4 Å². The molecule has 0 bridgehead atoms. The molecule has 4 rings (SSSR count). The minimum Gasteiger partial charge on any atom is -0.492 e. The Balaban J connectivity index is 0.00000216. The number of hydrogen-bond donors (Lipinski definition) is 3. The number of hydrogen-bond acceptors (Lipinski definition) is 8. The summed E-state index contributed by atoms with van der Waals surface area (Å²) < 4.78 is 29.1. The molecule has 6 N–H and O–H groups in total. The minimum absolute atomic E-state index is 0. The molecule has 0 amide bonds. The first kappa shape index (κ1) is 31.4. The monoisotopic (exact) mass is 558 g/mol.